The second-order valence-electron chi connectivity index (χ2n) is 4.59. The second-order valence-corrected chi connectivity index (χ2v) is 6.19. The molecule has 0 saturated carbocycles. The van der Waals surface area contributed by atoms with Gasteiger partial charge in [-0.05, 0) is 31.9 Å². The van der Waals surface area contributed by atoms with E-state index in [2.05, 4.69) is 22.2 Å². The number of H-pyrrole nitrogens is 1. The minimum Gasteiger partial charge on any atom is -0.347 e. The summed E-state index contributed by atoms with van der Waals surface area (Å²) in [6, 6.07) is -0.00414. The molecule has 1 saturated heterocycles. The number of aromatic amines is 1. The summed E-state index contributed by atoms with van der Waals surface area (Å²) in [4.78, 5) is 19.5. The maximum Gasteiger partial charge on any atom is 0.236 e. The molecule has 1 aromatic rings. The van der Waals surface area contributed by atoms with E-state index in [1.54, 1.807) is 24.2 Å². The molecular weight excluding hydrogens is 234 g/mol. The first-order valence-electron chi connectivity index (χ1n) is 6.10. The highest BCUT2D eigenvalue weighted by Crippen LogP contribution is 2.38. The number of rotatable bonds is 4. The van der Waals surface area contributed by atoms with Crippen molar-refractivity contribution in [1.82, 2.24) is 15.3 Å². The summed E-state index contributed by atoms with van der Waals surface area (Å²) >= 11 is 1.76. The number of carbonyl (C=O) groups is 1. The number of hydrogen-bond donors (Lipinski definition) is 2. The van der Waals surface area contributed by atoms with Gasteiger partial charge in [0.05, 0.1) is 10.8 Å². The third-order valence-corrected chi connectivity index (χ3v) is 4.78. The monoisotopic (exact) mass is 253 g/mol. The van der Waals surface area contributed by atoms with Gasteiger partial charge in [0.1, 0.15) is 5.82 Å². The van der Waals surface area contributed by atoms with Gasteiger partial charge < -0.3 is 10.3 Å². The number of nitrogens with one attached hydrogen (secondary N) is 2. The molecule has 2 atom stereocenters. The van der Waals surface area contributed by atoms with Gasteiger partial charge in [0.25, 0.3) is 0 Å². The molecule has 0 bridgehead atoms. The summed E-state index contributed by atoms with van der Waals surface area (Å²) in [6.45, 7) is 4.09. The lowest BCUT2D eigenvalue weighted by atomic mass is 10.0. The predicted octanol–water partition coefficient (Wildman–Crippen LogP) is 2.26. The van der Waals surface area contributed by atoms with Gasteiger partial charge in [-0.15, -0.1) is 11.8 Å². The van der Waals surface area contributed by atoms with Crippen LogP contribution in [0.5, 0.6) is 0 Å². The van der Waals surface area contributed by atoms with Crippen LogP contribution in [0.4, 0.5) is 0 Å². The van der Waals surface area contributed by atoms with Crippen LogP contribution >= 0.6 is 11.8 Å². The standard InChI is InChI=1S/C12H19N3OS/c1-3-9(10-13-6-7-14-10)15-11(16)12(2)5-4-8-17-12/h6-7,9H,3-5,8H2,1-2H3,(H,13,14)(H,15,16). The molecule has 5 heteroatoms. The van der Waals surface area contributed by atoms with Crippen molar-refractivity contribution in [3.8, 4) is 0 Å². The SMILES string of the molecule is CCC(NC(=O)C1(C)CCCS1)c1ncc[nH]1. The van der Waals surface area contributed by atoms with E-state index in [4.69, 9.17) is 0 Å². The largest absolute Gasteiger partial charge is 0.347 e. The Hall–Kier alpha value is -0.970. The van der Waals surface area contributed by atoms with Crippen molar-refractivity contribution in [2.75, 3.05) is 5.75 Å². The van der Waals surface area contributed by atoms with E-state index in [0.717, 1.165) is 30.8 Å². The molecule has 2 N–H and O–H groups in total. The highest BCUT2D eigenvalue weighted by molar-refractivity contribution is 8.01. The Morgan fingerprint density at radius 2 is 2.59 bits per heavy atom. The average Bonchev–Trinajstić information content (AvgIpc) is 2.97. The lowest BCUT2D eigenvalue weighted by Crippen LogP contribution is -2.42. The molecule has 2 heterocycles. The molecule has 1 amide bonds. The summed E-state index contributed by atoms with van der Waals surface area (Å²) in [5.74, 6) is 2.07. The van der Waals surface area contributed by atoms with Crippen LogP contribution in [0.1, 0.15) is 45.0 Å². The van der Waals surface area contributed by atoms with Crippen LogP contribution in [0.15, 0.2) is 12.4 Å². The minimum absolute atomic E-state index is 0.00414. The van der Waals surface area contributed by atoms with Crippen LogP contribution in [-0.2, 0) is 4.79 Å². The van der Waals surface area contributed by atoms with Crippen molar-refractivity contribution in [2.24, 2.45) is 0 Å². The van der Waals surface area contributed by atoms with Crippen LogP contribution in [0.3, 0.4) is 0 Å². The zero-order valence-corrected chi connectivity index (χ0v) is 11.1. The van der Waals surface area contributed by atoms with Gasteiger partial charge in [-0.25, -0.2) is 4.98 Å². The van der Waals surface area contributed by atoms with Gasteiger partial charge in [-0.3, -0.25) is 4.79 Å². The lowest BCUT2D eigenvalue weighted by molar-refractivity contribution is -0.124. The molecule has 94 valence electrons. The maximum atomic E-state index is 12.3. The van der Waals surface area contributed by atoms with Crippen molar-refractivity contribution >= 4 is 17.7 Å². The number of amides is 1. The first-order valence-corrected chi connectivity index (χ1v) is 7.08. The molecular formula is C12H19N3OS. The van der Waals surface area contributed by atoms with Crippen LogP contribution in [-0.4, -0.2) is 26.4 Å². The van der Waals surface area contributed by atoms with Crippen molar-refractivity contribution in [2.45, 2.75) is 43.9 Å². The molecule has 0 aliphatic carbocycles. The topological polar surface area (TPSA) is 57.8 Å². The fourth-order valence-electron chi connectivity index (χ4n) is 2.10. The molecule has 2 rings (SSSR count). The fraction of sp³-hybridized carbons (Fsp3) is 0.667. The minimum atomic E-state index is -0.250. The Morgan fingerprint density at radius 3 is 3.12 bits per heavy atom. The van der Waals surface area contributed by atoms with Crippen LogP contribution in [0.2, 0.25) is 0 Å². The molecule has 17 heavy (non-hydrogen) atoms. The van der Waals surface area contributed by atoms with E-state index < -0.39 is 0 Å². The Morgan fingerprint density at radius 1 is 1.76 bits per heavy atom. The van der Waals surface area contributed by atoms with E-state index in [9.17, 15) is 4.79 Å². The molecule has 2 unspecified atom stereocenters. The quantitative estimate of drug-likeness (QED) is 0.865. The number of nitrogens with zero attached hydrogens (tertiary/aromatic N) is 1. The second kappa shape index (κ2) is 5.12. The van der Waals surface area contributed by atoms with E-state index in [1.807, 2.05) is 6.92 Å². The van der Waals surface area contributed by atoms with Crippen LogP contribution in [0.25, 0.3) is 0 Å². The number of aromatic nitrogens is 2. The first-order chi connectivity index (χ1) is 8.15. The molecule has 1 aliphatic rings. The zero-order chi connectivity index (χ0) is 12.3. The van der Waals surface area contributed by atoms with Gasteiger partial charge >= 0.3 is 0 Å². The van der Waals surface area contributed by atoms with Crippen molar-refractivity contribution in [1.29, 1.82) is 0 Å². The summed E-state index contributed by atoms with van der Waals surface area (Å²) < 4.78 is -0.250. The number of hydrogen-bond acceptors (Lipinski definition) is 3. The van der Waals surface area contributed by atoms with Gasteiger partial charge in [0.15, 0.2) is 0 Å². The van der Waals surface area contributed by atoms with Crippen molar-refractivity contribution in [3.05, 3.63) is 18.2 Å². The van der Waals surface area contributed by atoms with Crippen molar-refractivity contribution < 1.29 is 4.79 Å². The normalized spacial score (nSPS) is 25.8. The smallest absolute Gasteiger partial charge is 0.236 e. The fourth-order valence-corrected chi connectivity index (χ4v) is 3.32. The molecule has 0 radical (unpaired) electrons. The van der Waals surface area contributed by atoms with E-state index in [1.165, 1.54) is 0 Å². The molecule has 4 nitrogen and oxygen atoms in total. The van der Waals surface area contributed by atoms with E-state index in [-0.39, 0.29) is 16.7 Å². The lowest BCUT2D eigenvalue weighted by Gasteiger charge is -2.24. The predicted molar refractivity (Wildman–Crippen MR) is 69.9 cm³/mol. The van der Waals surface area contributed by atoms with E-state index >= 15 is 0 Å². The molecule has 1 fully saturated rings. The summed E-state index contributed by atoms with van der Waals surface area (Å²) in [6.07, 6.45) is 6.45. The molecule has 0 aromatic carbocycles. The maximum absolute atomic E-state index is 12.3. The first kappa shape index (κ1) is 12.5. The number of imidazole rings is 1. The zero-order valence-electron chi connectivity index (χ0n) is 10.3. The van der Waals surface area contributed by atoms with E-state index in [0.29, 0.717) is 0 Å². The highest BCUT2D eigenvalue weighted by Gasteiger charge is 2.38. The third kappa shape index (κ3) is 2.65. The Balaban J connectivity index is 2.02. The highest BCUT2D eigenvalue weighted by atomic mass is 32.2. The molecule has 0 spiro atoms. The number of carbonyl (C=O) groups excluding carboxylic acids is 1. The third-order valence-electron chi connectivity index (χ3n) is 3.26. The summed E-state index contributed by atoms with van der Waals surface area (Å²) in [5, 5.41) is 3.10. The van der Waals surface area contributed by atoms with Crippen molar-refractivity contribution in [3.63, 3.8) is 0 Å². The van der Waals surface area contributed by atoms with Gasteiger partial charge in [0.2, 0.25) is 5.91 Å². The Labute approximate surface area is 106 Å². The summed E-state index contributed by atoms with van der Waals surface area (Å²) in [7, 11) is 0. The number of thioether (sulfide) groups is 1. The van der Waals surface area contributed by atoms with Crippen LogP contribution < -0.4 is 5.32 Å². The van der Waals surface area contributed by atoms with Gasteiger partial charge in [-0.1, -0.05) is 6.92 Å². The van der Waals surface area contributed by atoms with Gasteiger partial charge in [-0.2, -0.15) is 0 Å². The Kier molecular flexibility index (Phi) is 3.76. The Bertz CT molecular complexity index is 371. The molecule has 1 aromatic heterocycles. The van der Waals surface area contributed by atoms with Crippen LogP contribution in [0, 0.1) is 0 Å². The molecule has 1 aliphatic heterocycles. The average molecular weight is 253 g/mol. The summed E-state index contributed by atoms with van der Waals surface area (Å²) in [5.41, 5.74) is 0. The van der Waals surface area contributed by atoms with Gasteiger partial charge in [0, 0.05) is 12.4 Å².